The number of benzene rings is 1. The summed E-state index contributed by atoms with van der Waals surface area (Å²) in [6.45, 7) is 6.37. The van der Waals surface area contributed by atoms with Crippen molar-refractivity contribution in [1.82, 2.24) is 4.72 Å². The van der Waals surface area contributed by atoms with Crippen LogP contribution < -0.4 is 4.72 Å². The van der Waals surface area contributed by atoms with Crippen LogP contribution in [0.4, 0.5) is 4.39 Å². The second-order valence-electron chi connectivity index (χ2n) is 6.48. The van der Waals surface area contributed by atoms with Gasteiger partial charge >= 0.3 is 0 Å². The highest BCUT2D eigenvalue weighted by Gasteiger charge is 2.34. The van der Waals surface area contributed by atoms with Crippen LogP contribution in [0, 0.1) is 23.6 Å². The Morgan fingerprint density at radius 3 is 2.52 bits per heavy atom. The Labute approximate surface area is 127 Å². The van der Waals surface area contributed by atoms with Crippen LogP contribution in [0.5, 0.6) is 0 Å². The topological polar surface area (TPSA) is 46.2 Å². The lowest BCUT2D eigenvalue weighted by molar-refractivity contribution is 0.187. The number of sulfonamides is 1. The molecule has 0 saturated heterocycles. The molecule has 1 saturated carbocycles. The maximum absolute atomic E-state index is 13.8. The third-order valence-electron chi connectivity index (χ3n) is 4.45. The largest absolute Gasteiger partial charge is 0.243 e. The summed E-state index contributed by atoms with van der Waals surface area (Å²) in [6.07, 6.45) is 2.96. The van der Waals surface area contributed by atoms with Gasteiger partial charge in [-0.2, -0.15) is 0 Å². The van der Waals surface area contributed by atoms with E-state index in [0.29, 0.717) is 17.8 Å². The molecular formula is C16H24FNO2S. The molecular weight excluding hydrogens is 289 g/mol. The first-order chi connectivity index (χ1) is 9.81. The maximum atomic E-state index is 13.8. The standard InChI is InChI=1S/C16H24FNO2S/c1-11(2)13-9-8-12(3)10-15(13)18-21(19,20)16-7-5-4-6-14(16)17/h4-7,11-13,15,18H,8-10H2,1-3H3. The van der Waals surface area contributed by atoms with Crippen LogP contribution in [0.1, 0.15) is 40.0 Å². The zero-order valence-corrected chi connectivity index (χ0v) is 13.7. The highest BCUT2D eigenvalue weighted by Crippen LogP contribution is 2.34. The van der Waals surface area contributed by atoms with Gasteiger partial charge in [-0.15, -0.1) is 0 Å². The molecule has 5 heteroatoms. The Morgan fingerprint density at radius 2 is 1.90 bits per heavy atom. The molecule has 1 N–H and O–H groups in total. The first-order valence-electron chi connectivity index (χ1n) is 7.58. The summed E-state index contributed by atoms with van der Waals surface area (Å²) in [5, 5.41) is 0. The van der Waals surface area contributed by atoms with Crippen LogP contribution in [0.2, 0.25) is 0 Å². The van der Waals surface area contributed by atoms with Gasteiger partial charge in [0, 0.05) is 6.04 Å². The smallest absolute Gasteiger partial charge is 0.208 e. The van der Waals surface area contributed by atoms with Crippen molar-refractivity contribution in [2.75, 3.05) is 0 Å². The van der Waals surface area contributed by atoms with Gasteiger partial charge < -0.3 is 0 Å². The van der Waals surface area contributed by atoms with Crippen molar-refractivity contribution in [3.05, 3.63) is 30.1 Å². The van der Waals surface area contributed by atoms with Crippen LogP contribution in [0.25, 0.3) is 0 Å². The molecule has 0 amide bonds. The zero-order valence-electron chi connectivity index (χ0n) is 12.8. The van der Waals surface area contributed by atoms with Crippen LogP contribution >= 0.6 is 0 Å². The van der Waals surface area contributed by atoms with Crippen molar-refractivity contribution in [2.45, 2.75) is 51.0 Å². The Balaban J connectivity index is 2.23. The van der Waals surface area contributed by atoms with Crippen molar-refractivity contribution in [2.24, 2.45) is 17.8 Å². The molecule has 0 aliphatic heterocycles. The molecule has 2 rings (SSSR count). The van der Waals surface area contributed by atoms with Gasteiger partial charge in [-0.3, -0.25) is 0 Å². The van der Waals surface area contributed by atoms with Gasteiger partial charge in [0.05, 0.1) is 0 Å². The lowest BCUT2D eigenvalue weighted by Gasteiger charge is -2.37. The van der Waals surface area contributed by atoms with Crippen LogP contribution in [-0.2, 0) is 10.0 Å². The Morgan fingerprint density at radius 1 is 1.24 bits per heavy atom. The van der Waals surface area contributed by atoms with E-state index in [-0.39, 0.29) is 10.9 Å². The van der Waals surface area contributed by atoms with Crippen molar-refractivity contribution >= 4 is 10.0 Å². The average molecular weight is 313 g/mol. The van der Waals surface area contributed by atoms with Gasteiger partial charge in [0.15, 0.2) is 0 Å². The molecule has 3 unspecified atom stereocenters. The molecule has 21 heavy (non-hydrogen) atoms. The van der Waals surface area contributed by atoms with Crippen LogP contribution in [0.15, 0.2) is 29.2 Å². The van der Waals surface area contributed by atoms with E-state index in [0.717, 1.165) is 19.3 Å². The number of rotatable bonds is 4. The number of hydrogen-bond acceptors (Lipinski definition) is 2. The minimum absolute atomic E-state index is 0.113. The third kappa shape index (κ3) is 3.83. The fourth-order valence-electron chi connectivity index (χ4n) is 3.26. The predicted molar refractivity (Wildman–Crippen MR) is 81.9 cm³/mol. The number of hydrogen-bond donors (Lipinski definition) is 1. The molecule has 3 nitrogen and oxygen atoms in total. The summed E-state index contributed by atoms with van der Waals surface area (Å²) in [4.78, 5) is -0.259. The molecule has 0 heterocycles. The predicted octanol–water partition coefficient (Wildman–Crippen LogP) is 3.56. The summed E-state index contributed by atoms with van der Waals surface area (Å²) in [5.41, 5.74) is 0. The second-order valence-corrected chi connectivity index (χ2v) is 8.17. The first-order valence-corrected chi connectivity index (χ1v) is 9.06. The second kappa shape index (κ2) is 6.44. The molecule has 1 aromatic carbocycles. The highest BCUT2D eigenvalue weighted by atomic mass is 32.2. The van der Waals surface area contributed by atoms with Crippen molar-refractivity contribution in [3.63, 3.8) is 0 Å². The summed E-state index contributed by atoms with van der Waals surface area (Å²) in [6, 6.07) is 5.42. The van der Waals surface area contributed by atoms with Crippen LogP contribution in [0.3, 0.4) is 0 Å². The lowest BCUT2D eigenvalue weighted by Crippen LogP contribution is -2.45. The Kier molecular flexibility index (Phi) is 5.04. The molecule has 0 spiro atoms. The third-order valence-corrected chi connectivity index (χ3v) is 5.98. The number of halogens is 1. The van der Waals surface area contributed by atoms with Crippen molar-refractivity contribution < 1.29 is 12.8 Å². The van der Waals surface area contributed by atoms with Gasteiger partial charge in [0.25, 0.3) is 0 Å². The van der Waals surface area contributed by atoms with Gasteiger partial charge in [-0.1, -0.05) is 39.3 Å². The zero-order chi connectivity index (χ0) is 15.6. The number of nitrogens with one attached hydrogen (secondary N) is 1. The highest BCUT2D eigenvalue weighted by molar-refractivity contribution is 7.89. The van der Waals surface area contributed by atoms with Crippen molar-refractivity contribution in [3.8, 4) is 0 Å². The van der Waals surface area contributed by atoms with E-state index >= 15 is 0 Å². The van der Waals surface area contributed by atoms with E-state index in [1.165, 1.54) is 18.2 Å². The van der Waals surface area contributed by atoms with Crippen molar-refractivity contribution in [1.29, 1.82) is 0 Å². The summed E-state index contributed by atoms with van der Waals surface area (Å²) in [7, 11) is -3.81. The average Bonchev–Trinajstić information content (AvgIpc) is 2.38. The first kappa shape index (κ1) is 16.4. The van der Waals surface area contributed by atoms with E-state index in [2.05, 4.69) is 25.5 Å². The Hall–Kier alpha value is -0.940. The molecule has 1 aliphatic carbocycles. The monoisotopic (exact) mass is 313 g/mol. The molecule has 3 atom stereocenters. The van der Waals surface area contributed by atoms with E-state index in [1.54, 1.807) is 6.07 Å². The minimum atomic E-state index is -3.81. The van der Waals surface area contributed by atoms with Gasteiger partial charge in [-0.05, 0) is 42.7 Å². The molecule has 118 valence electrons. The summed E-state index contributed by atoms with van der Waals surface area (Å²) in [5.74, 6) is 0.511. The fourth-order valence-corrected chi connectivity index (χ4v) is 4.64. The normalized spacial score (nSPS) is 27.0. The van der Waals surface area contributed by atoms with Gasteiger partial charge in [-0.25, -0.2) is 17.5 Å². The van der Waals surface area contributed by atoms with Gasteiger partial charge in [0.2, 0.25) is 10.0 Å². The fraction of sp³-hybridized carbons (Fsp3) is 0.625. The molecule has 0 aromatic heterocycles. The van der Waals surface area contributed by atoms with E-state index < -0.39 is 15.8 Å². The van der Waals surface area contributed by atoms with Crippen LogP contribution in [-0.4, -0.2) is 14.5 Å². The SMILES string of the molecule is CC1CCC(C(C)C)C(NS(=O)(=O)c2ccccc2F)C1. The lowest BCUT2D eigenvalue weighted by atomic mass is 9.74. The minimum Gasteiger partial charge on any atom is -0.208 e. The maximum Gasteiger partial charge on any atom is 0.243 e. The molecule has 0 bridgehead atoms. The summed E-state index contributed by atoms with van der Waals surface area (Å²) < 4.78 is 41.4. The van der Waals surface area contributed by atoms with E-state index in [4.69, 9.17) is 0 Å². The Bertz CT molecular complexity index is 586. The molecule has 1 aliphatic rings. The molecule has 1 aromatic rings. The van der Waals surface area contributed by atoms with E-state index in [1.807, 2.05) is 0 Å². The van der Waals surface area contributed by atoms with E-state index in [9.17, 15) is 12.8 Å². The quantitative estimate of drug-likeness (QED) is 0.924. The molecule has 0 radical (unpaired) electrons. The summed E-state index contributed by atoms with van der Waals surface area (Å²) >= 11 is 0. The molecule has 1 fully saturated rings. The van der Waals surface area contributed by atoms with Gasteiger partial charge in [0.1, 0.15) is 10.7 Å².